The van der Waals surface area contributed by atoms with Crippen molar-refractivity contribution in [1.29, 1.82) is 0 Å². The Morgan fingerprint density at radius 1 is 1.36 bits per heavy atom. The van der Waals surface area contributed by atoms with Crippen LogP contribution in [0.25, 0.3) is 0 Å². The van der Waals surface area contributed by atoms with Gasteiger partial charge >= 0.3 is 0 Å². The average molecular weight is 161 g/mol. The second-order valence-corrected chi connectivity index (χ2v) is 2.51. The van der Waals surface area contributed by atoms with Crippen LogP contribution in [0.2, 0.25) is 0 Å². The van der Waals surface area contributed by atoms with Crippen LogP contribution < -0.4 is 5.32 Å². The highest BCUT2D eigenvalue weighted by molar-refractivity contribution is 4.70. The zero-order chi connectivity index (χ0) is 8.10. The first-order chi connectivity index (χ1) is 5.36. The van der Waals surface area contributed by atoms with E-state index >= 15 is 0 Å². The fourth-order valence-corrected chi connectivity index (χ4v) is 1.11. The molecule has 1 aliphatic rings. The van der Waals surface area contributed by atoms with Crippen LogP contribution in [0.3, 0.4) is 0 Å². The van der Waals surface area contributed by atoms with Gasteiger partial charge < -0.3 is 19.5 Å². The summed E-state index contributed by atoms with van der Waals surface area (Å²) in [6, 6.07) is 0. The second kappa shape index (κ2) is 4.66. The van der Waals surface area contributed by atoms with E-state index in [-0.39, 0.29) is 6.10 Å². The van der Waals surface area contributed by atoms with E-state index in [0.717, 1.165) is 19.5 Å². The van der Waals surface area contributed by atoms with Gasteiger partial charge in [0, 0.05) is 20.8 Å². The summed E-state index contributed by atoms with van der Waals surface area (Å²) in [5, 5.41) is 3.19. The molecule has 1 aliphatic heterocycles. The van der Waals surface area contributed by atoms with Crippen molar-refractivity contribution in [2.45, 2.75) is 19.0 Å². The SMILES string of the molecule is COC(OC)OC1CCNC1. The van der Waals surface area contributed by atoms with E-state index in [4.69, 9.17) is 14.2 Å². The lowest BCUT2D eigenvalue weighted by atomic mass is 10.3. The zero-order valence-corrected chi connectivity index (χ0v) is 7.00. The van der Waals surface area contributed by atoms with Crippen molar-refractivity contribution in [3.8, 4) is 0 Å². The summed E-state index contributed by atoms with van der Waals surface area (Å²) >= 11 is 0. The van der Waals surface area contributed by atoms with Gasteiger partial charge in [-0.05, 0) is 13.0 Å². The number of hydrogen-bond donors (Lipinski definition) is 1. The van der Waals surface area contributed by atoms with Crippen LogP contribution in [-0.4, -0.2) is 39.9 Å². The van der Waals surface area contributed by atoms with Gasteiger partial charge in [-0.1, -0.05) is 0 Å². The molecule has 0 aromatic carbocycles. The minimum Gasteiger partial charge on any atom is -0.333 e. The van der Waals surface area contributed by atoms with Crippen molar-refractivity contribution in [3.63, 3.8) is 0 Å². The molecule has 0 aromatic heterocycles. The molecule has 0 aliphatic carbocycles. The molecule has 1 atom stereocenters. The van der Waals surface area contributed by atoms with E-state index in [1.807, 2.05) is 0 Å². The van der Waals surface area contributed by atoms with Gasteiger partial charge in [-0.15, -0.1) is 0 Å². The van der Waals surface area contributed by atoms with Crippen LogP contribution in [-0.2, 0) is 14.2 Å². The number of nitrogens with one attached hydrogen (secondary N) is 1. The molecule has 0 spiro atoms. The van der Waals surface area contributed by atoms with E-state index in [0.29, 0.717) is 0 Å². The molecule has 1 N–H and O–H groups in total. The normalized spacial score (nSPS) is 24.8. The van der Waals surface area contributed by atoms with Crippen molar-refractivity contribution in [3.05, 3.63) is 0 Å². The molecule has 0 radical (unpaired) electrons. The summed E-state index contributed by atoms with van der Waals surface area (Å²) in [6.45, 7) is 1.40. The molecule has 1 saturated heterocycles. The van der Waals surface area contributed by atoms with E-state index in [2.05, 4.69) is 5.32 Å². The molecule has 0 amide bonds. The lowest BCUT2D eigenvalue weighted by Gasteiger charge is -2.17. The first-order valence-electron chi connectivity index (χ1n) is 3.78. The Morgan fingerprint density at radius 2 is 2.09 bits per heavy atom. The van der Waals surface area contributed by atoms with Crippen molar-refractivity contribution >= 4 is 0 Å². The highest BCUT2D eigenvalue weighted by Crippen LogP contribution is 2.07. The van der Waals surface area contributed by atoms with Crippen LogP contribution in [0.15, 0.2) is 0 Å². The third-order valence-electron chi connectivity index (χ3n) is 1.70. The van der Waals surface area contributed by atoms with Gasteiger partial charge in [0.05, 0.1) is 6.10 Å². The molecule has 1 unspecified atom stereocenters. The highest BCUT2D eigenvalue weighted by atomic mass is 16.8. The molecule has 1 heterocycles. The molecule has 1 rings (SSSR count). The van der Waals surface area contributed by atoms with Crippen molar-refractivity contribution in [2.75, 3.05) is 27.3 Å². The minimum atomic E-state index is -0.514. The lowest BCUT2D eigenvalue weighted by Crippen LogP contribution is -2.26. The van der Waals surface area contributed by atoms with Gasteiger partial charge in [-0.3, -0.25) is 0 Å². The van der Waals surface area contributed by atoms with Gasteiger partial charge in [0.2, 0.25) is 0 Å². The maximum absolute atomic E-state index is 5.40. The van der Waals surface area contributed by atoms with Crippen LogP contribution >= 0.6 is 0 Å². The van der Waals surface area contributed by atoms with E-state index in [1.165, 1.54) is 0 Å². The Labute approximate surface area is 66.8 Å². The van der Waals surface area contributed by atoms with Crippen LogP contribution in [0.4, 0.5) is 0 Å². The Bertz CT molecular complexity index is 99.9. The number of rotatable bonds is 4. The summed E-state index contributed by atoms with van der Waals surface area (Å²) in [4.78, 5) is 0. The predicted octanol–water partition coefficient (Wildman–Crippen LogP) is -0.0587. The maximum atomic E-state index is 5.40. The van der Waals surface area contributed by atoms with Crippen LogP contribution in [0, 0.1) is 0 Å². The molecule has 0 saturated carbocycles. The molecular weight excluding hydrogens is 146 g/mol. The lowest BCUT2D eigenvalue weighted by molar-refractivity contribution is -0.280. The van der Waals surface area contributed by atoms with Crippen molar-refractivity contribution in [2.24, 2.45) is 0 Å². The van der Waals surface area contributed by atoms with E-state index < -0.39 is 6.48 Å². The minimum absolute atomic E-state index is 0.236. The molecule has 11 heavy (non-hydrogen) atoms. The number of ether oxygens (including phenoxy) is 3. The molecule has 4 heteroatoms. The third kappa shape index (κ3) is 2.75. The number of methoxy groups -OCH3 is 2. The number of hydrogen-bond acceptors (Lipinski definition) is 4. The Kier molecular flexibility index (Phi) is 3.79. The van der Waals surface area contributed by atoms with Crippen LogP contribution in [0.1, 0.15) is 6.42 Å². The van der Waals surface area contributed by atoms with Crippen molar-refractivity contribution < 1.29 is 14.2 Å². The third-order valence-corrected chi connectivity index (χ3v) is 1.70. The van der Waals surface area contributed by atoms with Crippen molar-refractivity contribution in [1.82, 2.24) is 5.32 Å². The summed E-state index contributed by atoms with van der Waals surface area (Å²) in [5.41, 5.74) is 0. The monoisotopic (exact) mass is 161 g/mol. The smallest absolute Gasteiger partial charge is 0.271 e. The molecular formula is C7H15NO3. The molecule has 66 valence electrons. The quantitative estimate of drug-likeness (QED) is 0.586. The van der Waals surface area contributed by atoms with Gasteiger partial charge in [-0.2, -0.15) is 0 Å². The van der Waals surface area contributed by atoms with Gasteiger partial charge in [0.25, 0.3) is 6.48 Å². The first-order valence-corrected chi connectivity index (χ1v) is 3.78. The fraction of sp³-hybridized carbons (Fsp3) is 1.00. The molecule has 0 aromatic rings. The van der Waals surface area contributed by atoms with Gasteiger partial charge in [0.15, 0.2) is 0 Å². The first kappa shape index (κ1) is 8.93. The van der Waals surface area contributed by atoms with E-state index in [1.54, 1.807) is 14.2 Å². The fourth-order valence-electron chi connectivity index (χ4n) is 1.11. The topological polar surface area (TPSA) is 39.7 Å². The van der Waals surface area contributed by atoms with Crippen LogP contribution in [0.5, 0.6) is 0 Å². The highest BCUT2D eigenvalue weighted by Gasteiger charge is 2.19. The van der Waals surface area contributed by atoms with Gasteiger partial charge in [0.1, 0.15) is 0 Å². The molecule has 0 bridgehead atoms. The summed E-state index contributed by atoms with van der Waals surface area (Å²) in [6.07, 6.45) is 1.27. The molecule has 1 fully saturated rings. The maximum Gasteiger partial charge on any atom is 0.271 e. The second-order valence-electron chi connectivity index (χ2n) is 2.51. The summed E-state index contributed by atoms with van der Waals surface area (Å²) < 4.78 is 15.2. The zero-order valence-electron chi connectivity index (χ0n) is 7.00. The average Bonchev–Trinajstić information content (AvgIpc) is 2.52. The predicted molar refractivity (Wildman–Crippen MR) is 40.2 cm³/mol. The summed E-state index contributed by atoms with van der Waals surface area (Å²) in [7, 11) is 3.13. The van der Waals surface area contributed by atoms with Gasteiger partial charge in [-0.25, -0.2) is 0 Å². The Balaban J connectivity index is 2.16. The summed E-state index contributed by atoms with van der Waals surface area (Å²) in [5.74, 6) is 0. The Morgan fingerprint density at radius 3 is 2.55 bits per heavy atom. The largest absolute Gasteiger partial charge is 0.333 e. The van der Waals surface area contributed by atoms with E-state index in [9.17, 15) is 0 Å². The standard InChI is InChI=1S/C7H15NO3/c1-9-7(10-2)11-6-3-4-8-5-6/h6-8H,3-5H2,1-2H3. The Hall–Kier alpha value is -0.160. The molecule has 4 nitrogen and oxygen atoms in total.